The van der Waals surface area contributed by atoms with Crippen molar-refractivity contribution in [3.63, 3.8) is 0 Å². The molecule has 0 aliphatic heterocycles. The maximum atomic E-state index is 11.9. The lowest BCUT2D eigenvalue weighted by atomic mass is 10.1. The van der Waals surface area contributed by atoms with Crippen molar-refractivity contribution in [2.75, 3.05) is 39.6 Å². The standard InChI is InChI=1S/C39H80N2O4/c1-4-7-10-13-19-27-34-43-38(42)30-23-17-16-18-25-32-41(37-40)33-26-22-24-31-39(44-35-28-20-14-11-8-5-2)45-36-29-21-15-12-9-6-3/h39H,4-37,40H2,1-3H3. The monoisotopic (exact) mass is 641 g/mol. The van der Waals surface area contributed by atoms with Gasteiger partial charge in [0.1, 0.15) is 0 Å². The molecule has 6 heteroatoms. The SMILES string of the molecule is CCCCCCCCOC(=O)CCCCCCCN(CN)CCCCCC(OCCCCCCCC)OCCCCCCCC. The fourth-order valence-electron chi connectivity index (χ4n) is 5.80. The number of unbranched alkanes of at least 4 members (excludes halogenated alkanes) is 21. The van der Waals surface area contributed by atoms with Crippen LogP contribution in [0.5, 0.6) is 0 Å². The molecule has 0 bridgehead atoms. The largest absolute Gasteiger partial charge is 0.466 e. The summed E-state index contributed by atoms with van der Waals surface area (Å²) in [5.41, 5.74) is 6.06. The van der Waals surface area contributed by atoms with E-state index in [1.165, 1.54) is 128 Å². The highest BCUT2D eigenvalue weighted by atomic mass is 16.7. The molecular weight excluding hydrogens is 560 g/mol. The molecule has 0 aromatic heterocycles. The summed E-state index contributed by atoms with van der Waals surface area (Å²) in [4.78, 5) is 14.3. The van der Waals surface area contributed by atoms with Gasteiger partial charge in [0.2, 0.25) is 0 Å². The molecule has 270 valence electrons. The number of hydrogen-bond acceptors (Lipinski definition) is 6. The molecule has 0 atom stereocenters. The summed E-state index contributed by atoms with van der Waals surface area (Å²) in [6, 6.07) is 0. The van der Waals surface area contributed by atoms with Gasteiger partial charge in [-0.25, -0.2) is 0 Å². The zero-order valence-electron chi connectivity index (χ0n) is 30.8. The van der Waals surface area contributed by atoms with E-state index >= 15 is 0 Å². The van der Waals surface area contributed by atoms with Crippen LogP contribution in [0.15, 0.2) is 0 Å². The van der Waals surface area contributed by atoms with Gasteiger partial charge in [0, 0.05) is 26.3 Å². The minimum absolute atomic E-state index is 0.0158. The van der Waals surface area contributed by atoms with E-state index in [-0.39, 0.29) is 12.3 Å². The maximum Gasteiger partial charge on any atom is 0.305 e. The van der Waals surface area contributed by atoms with Gasteiger partial charge < -0.3 is 19.9 Å². The number of carbonyl (C=O) groups is 1. The molecule has 0 aliphatic rings. The Kier molecular flexibility index (Phi) is 37.2. The highest BCUT2D eigenvalue weighted by Gasteiger charge is 2.10. The number of carbonyl (C=O) groups excluding carboxylic acids is 1. The molecule has 0 unspecified atom stereocenters. The predicted molar refractivity (Wildman–Crippen MR) is 194 cm³/mol. The van der Waals surface area contributed by atoms with Crippen molar-refractivity contribution in [1.29, 1.82) is 0 Å². The van der Waals surface area contributed by atoms with Crippen LogP contribution in [-0.2, 0) is 19.0 Å². The third kappa shape index (κ3) is 34.5. The summed E-state index contributed by atoms with van der Waals surface area (Å²) < 4.78 is 17.8. The Morgan fingerprint density at radius 2 is 0.911 bits per heavy atom. The Hall–Kier alpha value is -0.690. The quantitative estimate of drug-likeness (QED) is 0.0411. The molecule has 0 fully saturated rings. The summed E-state index contributed by atoms with van der Waals surface area (Å²) in [5.74, 6) is -0.0158. The fourth-order valence-corrected chi connectivity index (χ4v) is 5.80. The molecule has 0 radical (unpaired) electrons. The van der Waals surface area contributed by atoms with E-state index < -0.39 is 0 Å². The Morgan fingerprint density at radius 3 is 1.40 bits per heavy atom. The van der Waals surface area contributed by atoms with E-state index in [0.717, 1.165) is 71.2 Å². The molecule has 6 nitrogen and oxygen atoms in total. The highest BCUT2D eigenvalue weighted by Crippen LogP contribution is 2.14. The van der Waals surface area contributed by atoms with E-state index in [2.05, 4.69) is 25.7 Å². The van der Waals surface area contributed by atoms with Crippen LogP contribution in [0.2, 0.25) is 0 Å². The van der Waals surface area contributed by atoms with Crippen molar-refractivity contribution in [3.8, 4) is 0 Å². The van der Waals surface area contributed by atoms with E-state index in [9.17, 15) is 4.79 Å². The molecule has 0 rings (SSSR count). The molecule has 0 heterocycles. The molecule has 45 heavy (non-hydrogen) atoms. The number of nitrogens with two attached hydrogens (primary N) is 1. The Bertz CT molecular complexity index is 559. The smallest absolute Gasteiger partial charge is 0.305 e. The van der Waals surface area contributed by atoms with Crippen LogP contribution in [-0.4, -0.2) is 56.7 Å². The summed E-state index contributed by atoms with van der Waals surface area (Å²) in [6.45, 7) is 11.8. The Balaban J connectivity index is 3.92. The van der Waals surface area contributed by atoms with E-state index in [1.54, 1.807) is 0 Å². The molecule has 0 aromatic rings. The minimum Gasteiger partial charge on any atom is -0.466 e. The lowest BCUT2D eigenvalue weighted by Gasteiger charge is -2.21. The van der Waals surface area contributed by atoms with Crippen LogP contribution in [0.3, 0.4) is 0 Å². The molecule has 0 spiro atoms. The average molecular weight is 641 g/mol. The number of rotatable bonds is 38. The van der Waals surface area contributed by atoms with Crippen molar-refractivity contribution in [2.24, 2.45) is 5.73 Å². The third-order valence-electron chi connectivity index (χ3n) is 8.89. The van der Waals surface area contributed by atoms with Gasteiger partial charge in [0.05, 0.1) is 6.61 Å². The summed E-state index contributed by atoms with van der Waals surface area (Å²) >= 11 is 0. The topological polar surface area (TPSA) is 74.0 Å². The van der Waals surface area contributed by atoms with Gasteiger partial charge in [0.15, 0.2) is 6.29 Å². The van der Waals surface area contributed by atoms with E-state index in [4.69, 9.17) is 19.9 Å². The first kappa shape index (κ1) is 44.3. The first-order valence-corrected chi connectivity index (χ1v) is 20.0. The lowest BCUT2D eigenvalue weighted by molar-refractivity contribution is -0.148. The Labute approximate surface area is 281 Å². The van der Waals surface area contributed by atoms with Gasteiger partial charge in [-0.15, -0.1) is 0 Å². The zero-order chi connectivity index (χ0) is 32.9. The van der Waals surface area contributed by atoms with Gasteiger partial charge in [-0.1, -0.05) is 143 Å². The van der Waals surface area contributed by atoms with Gasteiger partial charge in [-0.05, 0) is 64.5 Å². The molecule has 0 amide bonds. The molecule has 0 aromatic carbocycles. The number of esters is 1. The van der Waals surface area contributed by atoms with Gasteiger partial charge in [0.25, 0.3) is 0 Å². The second-order valence-corrected chi connectivity index (χ2v) is 13.4. The van der Waals surface area contributed by atoms with Crippen LogP contribution in [0.25, 0.3) is 0 Å². The predicted octanol–water partition coefficient (Wildman–Crippen LogP) is 11.1. The minimum atomic E-state index is -0.0379. The molecule has 0 aliphatic carbocycles. The molecular formula is C39H80N2O4. The van der Waals surface area contributed by atoms with Crippen LogP contribution in [0.1, 0.15) is 201 Å². The summed E-state index contributed by atoms with van der Waals surface area (Å²) in [7, 11) is 0. The normalized spacial score (nSPS) is 11.7. The molecule has 0 saturated heterocycles. The first-order chi connectivity index (χ1) is 22.2. The van der Waals surface area contributed by atoms with Gasteiger partial charge in [-0.2, -0.15) is 0 Å². The Morgan fingerprint density at radius 1 is 0.511 bits per heavy atom. The lowest BCUT2D eigenvalue weighted by Crippen LogP contribution is -2.32. The van der Waals surface area contributed by atoms with Crippen LogP contribution in [0, 0.1) is 0 Å². The van der Waals surface area contributed by atoms with Crippen LogP contribution in [0.4, 0.5) is 0 Å². The van der Waals surface area contributed by atoms with Gasteiger partial charge >= 0.3 is 5.97 Å². The van der Waals surface area contributed by atoms with Crippen molar-refractivity contribution in [1.82, 2.24) is 4.90 Å². The number of nitrogens with zero attached hydrogens (tertiary/aromatic N) is 1. The van der Waals surface area contributed by atoms with Crippen molar-refractivity contribution in [2.45, 2.75) is 207 Å². The van der Waals surface area contributed by atoms with Crippen molar-refractivity contribution < 1.29 is 19.0 Å². The van der Waals surface area contributed by atoms with E-state index in [1.807, 2.05) is 0 Å². The highest BCUT2D eigenvalue weighted by molar-refractivity contribution is 5.69. The molecule has 0 saturated carbocycles. The van der Waals surface area contributed by atoms with Crippen molar-refractivity contribution in [3.05, 3.63) is 0 Å². The fraction of sp³-hybridized carbons (Fsp3) is 0.974. The number of hydrogen-bond donors (Lipinski definition) is 1. The third-order valence-corrected chi connectivity index (χ3v) is 8.89. The second kappa shape index (κ2) is 37.8. The number of ether oxygens (including phenoxy) is 3. The van der Waals surface area contributed by atoms with Crippen LogP contribution < -0.4 is 5.73 Å². The van der Waals surface area contributed by atoms with Crippen LogP contribution >= 0.6 is 0 Å². The summed E-state index contributed by atoms with van der Waals surface area (Å²) in [6.07, 6.45) is 33.5. The maximum absolute atomic E-state index is 11.9. The molecule has 2 N–H and O–H groups in total. The second-order valence-electron chi connectivity index (χ2n) is 13.4. The van der Waals surface area contributed by atoms with E-state index in [0.29, 0.717) is 19.7 Å². The zero-order valence-corrected chi connectivity index (χ0v) is 30.8. The van der Waals surface area contributed by atoms with Gasteiger partial charge in [-0.3, -0.25) is 9.69 Å². The first-order valence-electron chi connectivity index (χ1n) is 20.0. The summed E-state index contributed by atoms with van der Waals surface area (Å²) in [5, 5.41) is 0. The average Bonchev–Trinajstić information content (AvgIpc) is 3.05. The van der Waals surface area contributed by atoms with Crippen molar-refractivity contribution >= 4 is 5.97 Å².